The summed E-state index contributed by atoms with van der Waals surface area (Å²) in [5.74, 6) is 0. The largest absolute Gasteiger partial charge is 0.398 e. The lowest BCUT2D eigenvalue weighted by Gasteiger charge is -2.20. The van der Waals surface area contributed by atoms with E-state index in [-0.39, 0.29) is 0 Å². The van der Waals surface area contributed by atoms with E-state index in [1.165, 1.54) is 12.1 Å². The number of anilines is 1. The quantitative estimate of drug-likeness (QED) is 0.823. The third-order valence-corrected chi connectivity index (χ3v) is 4.00. The summed E-state index contributed by atoms with van der Waals surface area (Å²) in [6, 6.07) is 4.04. The molecule has 0 atom stereocenters. The highest BCUT2D eigenvalue weighted by atomic mass is 79.9. The fourth-order valence-electron chi connectivity index (χ4n) is 1.96. The molecule has 2 N–H and O–H groups in total. The van der Waals surface area contributed by atoms with Gasteiger partial charge in [0.05, 0.1) is 5.69 Å². The lowest BCUT2D eigenvalue weighted by Crippen LogP contribution is -2.17. The Hall–Kier alpha value is -0.480. The van der Waals surface area contributed by atoms with E-state index in [1.807, 2.05) is 6.07 Å². The van der Waals surface area contributed by atoms with Gasteiger partial charge in [0.25, 0.3) is 0 Å². The maximum absolute atomic E-state index is 6.05. The topological polar surface area (TPSA) is 29.3 Å². The molecule has 1 heterocycles. The van der Waals surface area contributed by atoms with E-state index in [2.05, 4.69) is 49.4 Å². The molecular formula is C12H14Br2N2. The number of halogens is 2. The second kappa shape index (κ2) is 4.80. The van der Waals surface area contributed by atoms with Gasteiger partial charge >= 0.3 is 0 Å². The van der Waals surface area contributed by atoms with Crippen molar-refractivity contribution >= 4 is 37.5 Å². The van der Waals surface area contributed by atoms with Gasteiger partial charge in [-0.1, -0.05) is 22.5 Å². The van der Waals surface area contributed by atoms with E-state index < -0.39 is 0 Å². The van der Waals surface area contributed by atoms with Crippen LogP contribution in [-0.4, -0.2) is 11.4 Å². The van der Waals surface area contributed by atoms with Gasteiger partial charge in [0.2, 0.25) is 0 Å². The predicted molar refractivity (Wildman–Crippen MR) is 75.0 cm³/mol. The minimum Gasteiger partial charge on any atom is -0.398 e. The van der Waals surface area contributed by atoms with Gasteiger partial charge in [-0.3, -0.25) is 0 Å². The highest BCUT2D eigenvalue weighted by Gasteiger charge is 2.16. The molecule has 2 nitrogen and oxygen atoms in total. The first-order valence-electron chi connectivity index (χ1n) is 5.24. The van der Waals surface area contributed by atoms with E-state index >= 15 is 0 Å². The number of rotatable bonds is 2. The van der Waals surface area contributed by atoms with Crippen LogP contribution in [0.5, 0.6) is 0 Å². The molecule has 0 saturated carbocycles. The summed E-state index contributed by atoms with van der Waals surface area (Å²) in [6.45, 7) is 6.00. The van der Waals surface area contributed by atoms with Gasteiger partial charge in [-0.25, -0.2) is 0 Å². The van der Waals surface area contributed by atoms with Crippen molar-refractivity contribution in [2.75, 3.05) is 12.3 Å². The Labute approximate surface area is 113 Å². The van der Waals surface area contributed by atoms with Crippen LogP contribution in [0.2, 0.25) is 0 Å². The number of nitrogen functional groups attached to an aromatic ring is 1. The zero-order valence-electron chi connectivity index (χ0n) is 8.97. The standard InChI is InChI=1S/C12H14Br2N2/c1-8-3-2-4-16(8)7-9-5-10(13)6-11(14)12(9)15/h5-6H,1-4,7,15H2. The number of allylic oxidation sites excluding steroid dienone is 1. The Balaban J connectivity index is 2.24. The Kier molecular flexibility index (Phi) is 3.60. The third kappa shape index (κ3) is 2.43. The Morgan fingerprint density at radius 3 is 2.75 bits per heavy atom. The van der Waals surface area contributed by atoms with E-state index in [1.54, 1.807) is 0 Å². The first kappa shape index (κ1) is 12.0. The van der Waals surface area contributed by atoms with Gasteiger partial charge in [0.1, 0.15) is 0 Å². The molecule has 1 aromatic rings. The number of hydrogen-bond acceptors (Lipinski definition) is 2. The van der Waals surface area contributed by atoms with Crippen molar-refractivity contribution in [1.82, 2.24) is 4.90 Å². The van der Waals surface area contributed by atoms with Crippen LogP contribution in [0.1, 0.15) is 18.4 Å². The van der Waals surface area contributed by atoms with Crippen molar-refractivity contribution in [2.24, 2.45) is 0 Å². The number of nitrogens with zero attached hydrogens (tertiary/aromatic N) is 1. The van der Waals surface area contributed by atoms with Crippen LogP contribution >= 0.6 is 31.9 Å². The lowest BCUT2D eigenvalue weighted by molar-refractivity contribution is 0.388. The summed E-state index contributed by atoms with van der Waals surface area (Å²) >= 11 is 6.95. The molecule has 16 heavy (non-hydrogen) atoms. The third-order valence-electron chi connectivity index (χ3n) is 2.88. The number of nitrogens with two attached hydrogens (primary N) is 1. The van der Waals surface area contributed by atoms with Crippen molar-refractivity contribution in [3.05, 3.63) is 38.9 Å². The minimum atomic E-state index is 0.822. The fourth-order valence-corrected chi connectivity index (χ4v) is 3.27. The van der Waals surface area contributed by atoms with E-state index in [9.17, 15) is 0 Å². The van der Waals surface area contributed by atoms with Crippen LogP contribution in [0.15, 0.2) is 33.4 Å². The number of likely N-dealkylation sites (tertiary alicyclic amines) is 1. The van der Waals surface area contributed by atoms with Crippen LogP contribution in [0.4, 0.5) is 5.69 Å². The molecule has 1 aliphatic rings. The molecule has 1 saturated heterocycles. The highest BCUT2D eigenvalue weighted by Crippen LogP contribution is 2.31. The summed E-state index contributed by atoms with van der Waals surface area (Å²) in [7, 11) is 0. The number of benzene rings is 1. The lowest BCUT2D eigenvalue weighted by atomic mass is 10.1. The van der Waals surface area contributed by atoms with Crippen molar-refractivity contribution in [3.63, 3.8) is 0 Å². The van der Waals surface area contributed by atoms with E-state index in [4.69, 9.17) is 5.73 Å². The molecule has 2 rings (SSSR count). The molecule has 0 unspecified atom stereocenters. The summed E-state index contributed by atoms with van der Waals surface area (Å²) < 4.78 is 2.00. The molecule has 0 aromatic heterocycles. The van der Waals surface area contributed by atoms with Crippen LogP contribution in [-0.2, 0) is 6.54 Å². The van der Waals surface area contributed by atoms with Gasteiger partial charge in [0.15, 0.2) is 0 Å². The molecular weight excluding hydrogens is 332 g/mol. The van der Waals surface area contributed by atoms with Crippen molar-refractivity contribution < 1.29 is 0 Å². The van der Waals surface area contributed by atoms with Crippen LogP contribution in [0.25, 0.3) is 0 Å². The summed E-state index contributed by atoms with van der Waals surface area (Å²) in [6.07, 6.45) is 2.31. The maximum Gasteiger partial charge on any atom is 0.0509 e. The van der Waals surface area contributed by atoms with E-state index in [0.29, 0.717) is 0 Å². The maximum atomic E-state index is 6.05. The molecule has 4 heteroatoms. The minimum absolute atomic E-state index is 0.822. The average Bonchev–Trinajstić information content (AvgIpc) is 2.60. The molecule has 1 fully saturated rings. The van der Waals surface area contributed by atoms with Crippen molar-refractivity contribution in [3.8, 4) is 0 Å². The molecule has 0 spiro atoms. The molecule has 1 aliphatic heterocycles. The van der Waals surface area contributed by atoms with Crippen molar-refractivity contribution in [2.45, 2.75) is 19.4 Å². The number of hydrogen-bond donors (Lipinski definition) is 1. The molecule has 0 aliphatic carbocycles. The monoisotopic (exact) mass is 344 g/mol. The van der Waals surface area contributed by atoms with Gasteiger partial charge < -0.3 is 10.6 Å². The van der Waals surface area contributed by atoms with Crippen molar-refractivity contribution in [1.29, 1.82) is 0 Å². The van der Waals surface area contributed by atoms with Gasteiger partial charge in [-0.2, -0.15) is 0 Å². The summed E-state index contributed by atoms with van der Waals surface area (Å²) in [5.41, 5.74) is 9.23. The molecule has 0 radical (unpaired) electrons. The Morgan fingerprint density at radius 1 is 1.38 bits per heavy atom. The SMILES string of the molecule is C=C1CCCN1Cc1cc(Br)cc(Br)c1N. The fraction of sp³-hybridized carbons (Fsp3) is 0.333. The summed E-state index contributed by atoms with van der Waals surface area (Å²) in [5, 5.41) is 0. The molecule has 0 bridgehead atoms. The van der Waals surface area contributed by atoms with E-state index in [0.717, 1.165) is 39.7 Å². The molecule has 86 valence electrons. The zero-order valence-corrected chi connectivity index (χ0v) is 12.1. The van der Waals surface area contributed by atoms with Gasteiger partial charge in [0, 0.05) is 27.7 Å². The van der Waals surface area contributed by atoms with Crippen LogP contribution in [0, 0.1) is 0 Å². The Morgan fingerprint density at radius 2 is 2.12 bits per heavy atom. The normalized spacial score (nSPS) is 15.9. The molecule has 0 amide bonds. The highest BCUT2D eigenvalue weighted by molar-refractivity contribution is 9.11. The Bertz CT molecular complexity index is 429. The second-order valence-electron chi connectivity index (χ2n) is 4.05. The summed E-state index contributed by atoms with van der Waals surface area (Å²) in [4.78, 5) is 2.30. The van der Waals surface area contributed by atoms with Gasteiger partial charge in [-0.15, -0.1) is 0 Å². The van der Waals surface area contributed by atoms with Crippen LogP contribution < -0.4 is 5.73 Å². The second-order valence-corrected chi connectivity index (χ2v) is 5.82. The average molecular weight is 346 g/mol. The first-order chi connectivity index (χ1) is 7.58. The zero-order chi connectivity index (χ0) is 11.7. The predicted octanol–water partition coefficient (Wildman–Crippen LogP) is 3.90. The van der Waals surface area contributed by atoms with Crippen LogP contribution in [0.3, 0.4) is 0 Å². The smallest absolute Gasteiger partial charge is 0.0509 e. The van der Waals surface area contributed by atoms with Gasteiger partial charge in [-0.05, 0) is 46.5 Å². The first-order valence-corrected chi connectivity index (χ1v) is 6.82. The molecule has 1 aromatic carbocycles.